The summed E-state index contributed by atoms with van der Waals surface area (Å²) in [5.74, 6) is -1.22. The third-order valence-corrected chi connectivity index (χ3v) is 2.61. The lowest BCUT2D eigenvalue weighted by Crippen LogP contribution is -2.39. The fourth-order valence-electron chi connectivity index (χ4n) is 1.19. The zero-order valence-electron chi connectivity index (χ0n) is 9.50. The highest BCUT2D eigenvalue weighted by Gasteiger charge is 2.06. The van der Waals surface area contributed by atoms with E-state index in [2.05, 4.69) is 26.6 Å². The minimum Gasteiger partial charge on any atom is -0.350 e. The molecule has 0 aliphatic heterocycles. The van der Waals surface area contributed by atoms with Crippen molar-refractivity contribution in [1.29, 1.82) is 0 Å². The number of halogens is 2. The van der Waals surface area contributed by atoms with Crippen LogP contribution in [-0.2, 0) is 16.1 Å². The Balaban J connectivity index is 2.42. The van der Waals surface area contributed by atoms with Gasteiger partial charge in [0.1, 0.15) is 5.82 Å². The number of carbonyl (C=O) groups is 2. The molecule has 0 spiro atoms. The first-order valence-corrected chi connectivity index (χ1v) is 5.99. The molecule has 1 aromatic rings. The Morgan fingerprint density at radius 1 is 1.28 bits per heavy atom. The smallest absolute Gasteiger partial charge is 0.239 e. The number of benzene rings is 1. The van der Waals surface area contributed by atoms with E-state index < -0.39 is 17.6 Å². The Morgan fingerprint density at radius 3 is 2.67 bits per heavy atom. The molecule has 4 N–H and O–H groups in total. The molecule has 5 nitrogen and oxygen atoms in total. The molecule has 1 aromatic carbocycles. The second-order valence-corrected chi connectivity index (χ2v) is 4.41. The standard InChI is InChI=1S/C11H13BrFN3O2/c12-8-1-2-9(13)7(3-8)5-15-11(18)6-16-10(17)4-14/h1-3H,4-6,14H2,(H,15,18)(H,16,17). The number of hydrogen-bond acceptors (Lipinski definition) is 3. The lowest BCUT2D eigenvalue weighted by molar-refractivity contribution is -0.125. The van der Waals surface area contributed by atoms with Gasteiger partial charge in [0.2, 0.25) is 11.8 Å². The van der Waals surface area contributed by atoms with Crippen molar-refractivity contribution in [2.45, 2.75) is 6.54 Å². The van der Waals surface area contributed by atoms with Crippen LogP contribution in [0.2, 0.25) is 0 Å². The summed E-state index contributed by atoms with van der Waals surface area (Å²) in [6, 6.07) is 4.46. The lowest BCUT2D eigenvalue weighted by Gasteiger charge is -2.07. The third kappa shape index (κ3) is 4.80. The summed E-state index contributed by atoms with van der Waals surface area (Å²) >= 11 is 3.21. The van der Waals surface area contributed by atoms with Crippen molar-refractivity contribution in [1.82, 2.24) is 10.6 Å². The Morgan fingerprint density at radius 2 is 2.00 bits per heavy atom. The van der Waals surface area contributed by atoms with E-state index in [0.717, 1.165) is 4.47 Å². The number of nitrogens with two attached hydrogens (primary N) is 1. The molecule has 0 radical (unpaired) electrons. The summed E-state index contributed by atoms with van der Waals surface area (Å²) in [4.78, 5) is 22.1. The van der Waals surface area contributed by atoms with Gasteiger partial charge in [-0.15, -0.1) is 0 Å². The van der Waals surface area contributed by atoms with Crippen LogP contribution in [0, 0.1) is 5.82 Å². The second kappa shape index (κ2) is 7.07. The van der Waals surface area contributed by atoms with E-state index in [9.17, 15) is 14.0 Å². The zero-order chi connectivity index (χ0) is 13.5. The van der Waals surface area contributed by atoms with Crippen molar-refractivity contribution in [2.75, 3.05) is 13.1 Å². The van der Waals surface area contributed by atoms with Crippen molar-refractivity contribution < 1.29 is 14.0 Å². The molecule has 0 fully saturated rings. The molecule has 0 heterocycles. The number of hydrogen-bond donors (Lipinski definition) is 3. The van der Waals surface area contributed by atoms with Crippen molar-refractivity contribution in [2.24, 2.45) is 5.73 Å². The van der Waals surface area contributed by atoms with Crippen molar-refractivity contribution in [3.63, 3.8) is 0 Å². The van der Waals surface area contributed by atoms with E-state index in [1.165, 1.54) is 6.07 Å². The summed E-state index contributed by atoms with van der Waals surface area (Å²) in [5, 5.41) is 4.81. The average molecular weight is 318 g/mol. The highest BCUT2D eigenvalue weighted by Crippen LogP contribution is 2.15. The number of amides is 2. The van der Waals surface area contributed by atoms with E-state index in [1.807, 2.05) is 0 Å². The van der Waals surface area contributed by atoms with E-state index in [4.69, 9.17) is 5.73 Å². The largest absolute Gasteiger partial charge is 0.350 e. The fourth-order valence-corrected chi connectivity index (χ4v) is 1.59. The molecule has 0 aliphatic carbocycles. The quantitative estimate of drug-likeness (QED) is 0.729. The van der Waals surface area contributed by atoms with Crippen LogP contribution in [0.3, 0.4) is 0 Å². The highest BCUT2D eigenvalue weighted by molar-refractivity contribution is 9.10. The summed E-state index contributed by atoms with van der Waals surface area (Å²) in [7, 11) is 0. The Hall–Kier alpha value is -1.47. The summed E-state index contributed by atoms with van der Waals surface area (Å²) in [5.41, 5.74) is 5.43. The predicted octanol–water partition coefficient (Wildman–Crippen LogP) is 0.279. The molecule has 2 amide bonds. The van der Waals surface area contributed by atoms with Gasteiger partial charge in [0.05, 0.1) is 13.1 Å². The zero-order valence-corrected chi connectivity index (χ0v) is 11.1. The van der Waals surface area contributed by atoms with Gasteiger partial charge in [-0.05, 0) is 18.2 Å². The lowest BCUT2D eigenvalue weighted by atomic mass is 10.2. The summed E-state index contributed by atoms with van der Waals surface area (Å²) < 4.78 is 14.1. The van der Waals surface area contributed by atoms with E-state index >= 15 is 0 Å². The molecule has 0 aliphatic rings. The van der Waals surface area contributed by atoms with Crippen LogP contribution in [0.15, 0.2) is 22.7 Å². The van der Waals surface area contributed by atoms with Gasteiger partial charge in [-0.25, -0.2) is 4.39 Å². The summed E-state index contributed by atoms with van der Waals surface area (Å²) in [6.07, 6.45) is 0. The monoisotopic (exact) mass is 317 g/mol. The molecule has 0 saturated carbocycles. The van der Waals surface area contributed by atoms with Crippen LogP contribution in [0.4, 0.5) is 4.39 Å². The maximum Gasteiger partial charge on any atom is 0.239 e. The van der Waals surface area contributed by atoms with Gasteiger partial charge in [-0.3, -0.25) is 9.59 Å². The molecule has 0 unspecified atom stereocenters. The van der Waals surface area contributed by atoms with Gasteiger partial charge in [-0.2, -0.15) is 0 Å². The second-order valence-electron chi connectivity index (χ2n) is 3.49. The van der Waals surface area contributed by atoms with Crippen molar-refractivity contribution in [3.8, 4) is 0 Å². The van der Waals surface area contributed by atoms with Gasteiger partial charge < -0.3 is 16.4 Å². The van der Waals surface area contributed by atoms with Gasteiger partial charge in [0.15, 0.2) is 0 Å². The Kier molecular flexibility index (Phi) is 5.73. The molecule has 0 saturated heterocycles. The summed E-state index contributed by atoms with van der Waals surface area (Å²) in [6.45, 7) is -0.290. The molecule has 0 bridgehead atoms. The maximum absolute atomic E-state index is 13.3. The molecule has 0 atom stereocenters. The predicted molar refractivity (Wildman–Crippen MR) is 68.0 cm³/mol. The van der Waals surface area contributed by atoms with Crippen LogP contribution in [-0.4, -0.2) is 24.9 Å². The van der Waals surface area contributed by atoms with E-state index in [1.54, 1.807) is 12.1 Å². The number of carbonyl (C=O) groups excluding carboxylic acids is 2. The first-order chi connectivity index (χ1) is 8.52. The maximum atomic E-state index is 13.3. The van der Waals surface area contributed by atoms with E-state index in [0.29, 0.717) is 5.56 Å². The highest BCUT2D eigenvalue weighted by atomic mass is 79.9. The minimum atomic E-state index is -0.418. The molecule has 18 heavy (non-hydrogen) atoms. The minimum absolute atomic E-state index is 0.0581. The van der Waals surface area contributed by atoms with Gasteiger partial charge in [-0.1, -0.05) is 15.9 Å². The molecular formula is C11H13BrFN3O2. The van der Waals surface area contributed by atoms with Crippen LogP contribution in [0.25, 0.3) is 0 Å². The number of rotatable bonds is 5. The van der Waals surface area contributed by atoms with Crippen LogP contribution < -0.4 is 16.4 Å². The molecule has 98 valence electrons. The Bertz CT molecular complexity index is 454. The SMILES string of the molecule is NCC(=O)NCC(=O)NCc1cc(Br)ccc1F. The van der Waals surface area contributed by atoms with Gasteiger partial charge >= 0.3 is 0 Å². The van der Waals surface area contributed by atoms with Crippen molar-refractivity contribution in [3.05, 3.63) is 34.1 Å². The normalized spacial score (nSPS) is 9.94. The van der Waals surface area contributed by atoms with Crippen molar-refractivity contribution >= 4 is 27.7 Å². The first-order valence-electron chi connectivity index (χ1n) is 5.20. The number of nitrogens with one attached hydrogen (secondary N) is 2. The van der Waals surface area contributed by atoms with Crippen LogP contribution >= 0.6 is 15.9 Å². The third-order valence-electron chi connectivity index (χ3n) is 2.12. The first kappa shape index (κ1) is 14.6. The Labute approximate surface area is 112 Å². The van der Waals surface area contributed by atoms with Crippen LogP contribution in [0.5, 0.6) is 0 Å². The van der Waals surface area contributed by atoms with Gasteiger partial charge in [0, 0.05) is 16.6 Å². The van der Waals surface area contributed by atoms with Gasteiger partial charge in [0.25, 0.3) is 0 Å². The fraction of sp³-hybridized carbons (Fsp3) is 0.273. The topological polar surface area (TPSA) is 84.2 Å². The van der Waals surface area contributed by atoms with Crippen LogP contribution in [0.1, 0.15) is 5.56 Å². The molecule has 1 rings (SSSR count). The van der Waals surface area contributed by atoms with E-state index in [-0.39, 0.29) is 19.6 Å². The molecular weight excluding hydrogens is 305 g/mol. The molecule has 0 aromatic heterocycles. The average Bonchev–Trinajstić information content (AvgIpc) is 2.36. The molecule has 7 heteroatoms.